The highest BCUT2D eigenvalue weighted by Gasteiger charge is 1.99. The van der Waals surface area contributed by atoms with Gasteiger partial charge in [-0.3, -0.25) is 4.79 Å². The Hall–Kier alpha value is -1.57. The van der Waals surface area contributed by atoms with E-state index in [1.165, 1.54) is 0 Å². The van der Waals surface area contributed by atoms with Crippen molar-refractivity contribution in [2.24, 2.45) is 0 Å². The highest BCUT2D eigenvalue weighted by Crippen LogP contribution is 2.07. The van der Waals surface area contributed by atoms with Gasteiger partial charge >= 0.3 is 5.97 Å². The predicted molar refractivity (Wildman–Crippen MR) is 56.6 cm³/mol. The molecular weight excluding hydrogens is 176 g/mol. The van der Waals surface area contributed by atoms with Gasteiger partial charge in [-0.25, -0.2) is 0 Å². The molecule has 0 aromatic heterocycles. The van der Waals surface area contributed by atoms with Gasteiger partial charge < -0.3 is 4.74 Å². The van der Waals surface area contributed by atoms with Gasteiger partial charge in [-0.15, -0.1) is 0 Å². The topological polar surface area (TPSA) is 26.3 Å². The van der Waals surface area contributed by atoms with Crippen LogP contribution in [0, 0.1) is 0 Å². The summed E-state index contributed by atoms with van der Waals surface area (Å²) in [5, 5.41) is 0. The molecular formula is C12H14O2. The van der Waals surface area contributed by atoms with Crippen LogP contribution in [0.1, 0.15) is 24.5 Å². The molecule has 0 amide bonds. The Labute approximate surface area is 84.2 Å². The van der Waals surface area contributed by atoms with Crippen molar-refractivity contribution in [2.75, 3.05) is 0 Å². The predicted octanol–water partition coefficient (Wildman–Crippen LogP) is 2.78. The number of hydrogen-bond acceptors (Lipinski definition) is 2. The number of hydrogen-bond donors (Lipinski definition) is 0. The Morgan fingerprint density at radius 3 is 3.00 bits per heavy atom. The van der Waals surface area contributed by atoms with E-state index in [4.69, 9.17) is 4.74 Å². The Balaban J connectivity index is 2.58. The highest BCUT2D eigenvalue weighted by atomic mass is 16.5. The minimum absolute atomic E-state index is 0.172. The van der Waals surface area contributed by atoms with Crippen LogP contribution in [0.15, 0.2) is 30.8 Å². The molecule has 74 valence electrons. The maximum atomic E-state index is 10.9. The summed E-state index contributed by atoms with van der Waals surface area (Å²) in [6.45, 7) is 5.80. The molecule has 0 saturated carbocycles. The first kappa shape index (κ1) is 10.5. The number of carbonyl (C=O) groups is 1. The molecule has 0 bridgehead atoms. The van der Waals surface area contributed by atoms with Crippen molar-refractivity contribution in [1.82, 2.24) is 0 Å². The van der Waals surface area contributed by atoms with E-state index in [0.29, 0.717) is 13.0 Å². The van der Waals surface area contributed by atoms with Gasteiger partial charge in [-0.2, -0.15) is 0 Å². The average molecular weight is 190 g/mol. The zero-order chi connectivity index (χ0) is 10.4. The van der Waals surface area contributed by atoms with Crippen LogP contribution in [0.5, 0.6) is 0 Å². The summed E-state index contributed by atoms with van der Waals surface area (Å²) >= 11 is 0. The smallest absolute Gasteiger partial charge is 0.305 e. The molecule has 0 radical (unpaired) electrons. The Bertz CT molecular complexity index is 329. The van der Waals surface area contributed by atoms with Gasteiger partial charge in [0.2, 0.25) is 0 Å². The summed E-state index contributed by atoms with van der Waals surface area (Å²) in [6, 6.07) is 7.76. The van der Waals surface area contributed by atoms with Crippen LogP contribution in [0.3, 0.4) is 0 Å². The molecule has 0 unspecified atom stereocenters. The number of ether oxygens (including phenoxy) is 1. The van der Waals surface area contributed by atoms with E-state index in [9.17, 15) is 4.79 Å². The van der Waals surface area contributed by atoms with Crippen molar-refractivity contribution in [3.05, 3.63) is 42.0 Å². The second-order valence-corrected chi connectivity index (χ2v) is 2.96. The van der Waals surface area contributed by atoms with Crippen molar-refractivity contribution in [3.8, 4) is 0 Å². The molecule has 0 aliphatic heterocycles. The van der Waals surface area contributed by atoms with Crippen LogP contribution < -0.4 is 0 Å². The summed E-state index contributed by atoms with van der Waals surface area (Å²) in [5.41, 5.74) is 2.03. The lowest BCUT2D eigenvalue weighted by Crippen LogP contribution is -2.02. The third-order valence-electron chi connectivity index (χ3n) is 1.88. The molecule has 0 saturated heterocycles. The summed E-state index contributed by atoms with van der Waals surface area (Å²) in [4.78, 5) is 10.9. The number of rotatable bonds is 4. The van der Waals surface area contributed by atoms with E-state index in [-0.39, 0.29) is 5.97 Å². The molecule has 0 heterocycles. The molecule has 14 heavy (non-hydrogen) atoms. The van der Waals surface area contributed by atoms with Crippen LogP contribution in [-0.4, -0.2) is 5.97 Å². The quantitative estimate of drug-likeness (QED) is 0.682. The van der Waals surface area contributed by atoms with Gasteiger partial charge in [-0.1, -0.05) is 37.8 Å². The summed E-state index contributed by atoms with van der Waals surface area (Å²) < 4.78 is 5.00. The Kier molecular flexibility index (Phi) is 3.92. The number of esters is 1. The maximum absolute atomic E-state index is 10.9. The fourth-order valence-electron chi connectivity index (χ4n) is 1.08. The third-order valence-corrected chi connectivity index (χ3v) is 1.88. The minimum atomic E-state index is -0.172. The second kappa shape index (κ2) is 5.22. The van der Waals surface area contributed by atoms with Crippen LogP contribution >= 0.6 is 0 Å². The van der Waals surface area contributed by atoms with Gasteiger partial charge in [0.1, 0.15) is 6.61 Å². The van der Waals surface area contributed by atoms with E-state index < -0.39 is 0 Å². The fourth-order valence-corrected chi connectivity index (χ4v) is 1.08. The highest BCUT2D eigenvalue weighted by molar-refractivity contribution is 5.68. The van der Waals surface area contributed by atoms with Crippen LogP contribution in [0.2, 0.25) is 0 Å². The first-order chi connectivity index (χ1) is 6.76. The molecule has 1 aromatic carbocycles. The third kappa shape index (κ3) is 3.05. The van der Waals surface area contributed by atoms with E-state index in [2.05, 4.69) is 6.58 Å². The first-order valence-corrected chi connectivity index (χ1v) is 4.63. The molecule has 0 N–H and O–H groups in total. The minimum Gasteiger partial charge on any atom is -0.461 e. The van der Waals surface area contributed by atoms with Crippen LogP contribution in [0.25, 0.3) is 6.08 Å². The molecule has 0 spiro atoms. The van der Waals surface area contributed by atoms with Crippen LogP contribution in [0.4, 0.5) is 0 Å². The SMILES string of the molecule is C=Cc1cccc(COC(=O)CC)c1. The second-order valence-electron chi connectivity index (χ2n) is 2.96. The molecule has 2 nitrogen and oxygen atoms in total. The van der Waals surface area contributed by atoms with Gasteiger partial charge in [0, 0.05) is 6.42 Å². The normalized spacial score (nSPS) is 9.50. The number of carbonyl (C=O) groups excluding carboxylic acids is 1. The van der Waals surface area contributed by atoms with Crippen molar-refractivity contribution in [3.63, 3.8) is 0 Å². The summed E-state index contributed by atoms with van der Waals surface area (Å²) in [7, 11) is 0. The summed E-state index contributed by atoms with van der Waals surface area (Å²) in [5.74, 6) is -0.172. The van der Waals surface area contributed by atoms with Gasteiger partial charge in [0.05, 0.1) is 0 Å². The molecule has 0 aliphatic carbocycles. The number of benzene rings is 1. The Morgan fingerprint density at radius 2 is 2.36 bits per heavy atom. The zero-order valence-corrected chi connectivity index (χ0v) is 8.32. The van der Waals surface area contributed by atoms with Crippen molar-refractivity contribution in [1.29, 1.82) is 0 Å². The lowest BCUT2D eigenvalue weighted by Gasteiger charge is -2.03. The molecule has 1 aromatic rings. The molecule has 0 fully saturated rings. The lowest BCUT2D eigenvalue weighted by atomic mass is 10.1. The monoisotopic (exact) mass is 190 g/mol. The van der Waals surface area contributed by atoms with Gasteiger partial charge in [-0.05, 0) is 17.2 Å². The van der Waals surface area contributed by atoms with Gasteiger partial charge in [0.25, 0.3) is 0 Å². The maximum Gasteiger partial charge on any atom is 0.305 e. The molecule has 0 atom stereocenters. The lowest BCUT2D eigenvalue weighted by molar-refractivity contribution is -0.144. The molecule has 1 rings (SSSR count). The zero-order valence-electron chi connectivity index (χ0n) is 8.32. The van der Waals surface area contributed by atoms with Crippen molar-refractivity contribution < 1.29 is 9.53 Å². The summed E-state index contributed by atoms with van der Waals surface area (Å²) in [6.07, 6.45) is 2.19. The van der Waals surface area contributed by atoms with E-state index in [1.54, 1.807) is 13.0 Å². The molecule has 0 aliphatic rings. The molecule has 2 heteroatoms. The van der Waals surface area contributed by atoms with Crippen molar-refractivity contribution in [2.45, 2.75) is 20.0 Å². The van der Waals surface area contributed by atoms with E-state index >= 15 is 0 Å². The van der Waals surface area contributed by atoms with E-state index in [0.717, 1.165) is 11.1 Å². The van der Waals surface area contributed by atoms with Crippen molar-refractivity contribution >= 4 is 12.0 Å². The average Bonchev–Trinajstić information content (AvgIpc) is 2.26. The largest absolute Gasteiger partial charge is 0.461 e. The van der Waals surface area contributed by atoms with E-state index in [1.807, 2.05) is 24.3 Å². The standard InChI is InChI=1S/C12H14O2/c1-3-10-6-5-7-11(8-10)9-14-12(13)4-2/h3,5-8H,1,4,9H2,2H3. The fraction of sp³-hybridized carbons (Fsp3) is 0.250. The van der Waals surface area contributed by atoms with Crippen LogP contribution in [-0.2, 0) is 16.1 Å². The first-order valence-electron chi connectivity index (χ1n) is 4.63. The Morgan fingerprint density at radius 1 is 1.57 bits per heavy atom. The van der Waals surface area contributed by atoms with Gasteiger partial charge in [0.15, 0.2) is 0 Å².